The molecule has 0 spiro atoms. The van der Waals surface area contributed by atoms with Gasteiger partial charge in [0, 0.05) is 13.2 Å². The second kappa shape index (κ2) is 6.99. The van der Waals surface area contributed by atoms with Gasteiger partial charge in [0.1, 0.15) is 0 Å². The van der Waals surface area contributed by atoms with E-state index in [9.17, 15) is 4.79 Å². The van der Waals surface area contributed by atoms with Crippen LogP contribution in [0.2, 0.25) is 0 Å². The maximum atomic E-state index is 12.2. The molecule has 1 saturated carbocycles. The summed E-state index contributed by atoms with van der Waals surface area (Å²) in [5.74, 6) is 0.719. The summed E-state index contributed by atoms with van der Waals surface area (Å²) in [6.45, 7) is 1.90. The highest BCUT2D eigenvalue weighted by Crippen LogP contribution is 2.32. The van der Waals surface area contributed by atoms with Crippen molar-refractivity contribution in [2.45, 2.75) is 51.4 Å². The molecule has 0 unspecified atom stereocenters. The number of nitrogens with zero attached hydrogens (tertiary/aromatic N) is 2. The lowest BCUT2D eigenvalue weighted by molar-refractivity contribution is -0.115. The third-order valence-electron chi connectivity index (χ3n) is 4.71. The number of carbonyl (C=O) groups excluding carboxylic acids is 1. The molecule has 1 aromatic heterocycles. The van der Waals surface area contributed by atoms with Crippen LogP contribution in [0.3, 0.4) is 0 Å². The number of rotatable bonds is 4. The minimum Gasteiger partial charge on any atom is -0.323 e. The van der Waals surface area contributed by atoms with Gasteiger partial charge in [-0.05, 0) is 36.8 Å². The molecule has 1 N–H and O–H groups in total. The fourth-order valence-corrected chi connectivity index (χ4v) is 3.45. The maximum absolute atomic E-state index is 12.2. The van der Waals surface area contributed by atoms with E-state index in [-0.39, 0.29) is 5.91 Å². The van der Waals surface area contributed by atoms with Crippen LogP contribution in [0.25, 0.3) is 0 Å². The van der Waals surface area contributed by atoms with Gasteiger partial charge in [-0.25, -0.2) is 0 Å². The number of hydrogen-bond acceptors (Lipinski definition) is 2. The van der Waals surface area contributed by atoms with E-state index in [0.717, 1.165) is 16.9 Å². The fourth-order valence-electron chi connectivity index (χ4n) is 3.45. The van der Waals surface area contributed by atoms with Crippen LogP contribution >= 0.6 is 0 Å². The summed E-state index contributed by atoms with van der Waals surface area (Å²) >= 11 is 0. The molecule has 3 rings (SSSR count). The highest BCUT2D eigenvalue weighted by Gasteiger charge is 2.15. The van der Waals surface area contributed by atoms with Gasteiger partial charge in [0.25, 0.3) is 0 Å². The van der Waals surface area contributed by atoms with Crippen molar-refractivity contribution < 1.29 is 4.79 Å². The summed E-state index contributed by atoms with van der Waals surface area (Å²) in [7, 11) is 1.85. The minimum atomic E-state index is 0.00603. The van der Waals surface area contributed by atoms with Gasteiger partial charge >= 0.3 is 0 Å². The number of hydrogen-bond donors (Lipinski definition) is 1. The van der Waals surface area contributed by atoms with E-state index in [1.807, 2.05) is 20.2 Å². The molecule has 1 aliphatic carbocycles. The van der Waals surface area contributed by atoms with Gasteiger partial charge < -0.3 is 5.32 Å². The first-order valence-electron chi connectivity index (χ1n) is 8.51. The van der Waals surface area contributed by atoms with E-state index < -0.39 is 0 Å². The molecule has 4 heteroatoms. The van der Waals surface area contributed by atoms with Crippen molar-refractivity contribution >= 4 is 11.6 Å². The molecule has 122 valence electrons. The van der Waals surface area contributed by atoms with Gasteiger partial charge in [-0.15, -0.1) is 0 Å². The molecule has 4 nitrogen and oxygen atoms in total. The van der Waals surface area contributed by atoms with Crippen molar-refractivity contribution in [3.05, 3.63) is 47.3 Å². The molecule has 0 bridgehead atoms. The predicted molar refractivity (Wildman–Crippen MR) is 92.5 cm³/mol. The smallest absolute Gasteiger partial charge is 0.228 e. The van der Waals surface area contributed by atoms with Crippen LogP contribution in [0.1, 0.15) is 54.8 Å². The molecule has 23 heavy (non-hydrogen) atoms. The predicted octanol–water partition coefficient (Wildman–Crippen LogP) is 3.96. The summed E-state index contributed by atoms with van der Waals surface area (Å²) in [5, 5.41) is 7.17. The van der Waals surface area contributed by atoms with Gasteiger partial charge in [-0.1, -0.05) is 43.5 Å². The largest absolute Gasteiger partial charge is 0.323 e. The van der Waals surface area contributed by atoms with Crippen LogP contribution in [-0.2, 0) is 18.3 Å². The fraction of sp³-hybridized carbons (Fsp3) is 0.474. The van der Waals surface area contributed by atoms with Crippen molar-refractivity contribution in [2.75, 3.05) is 5.32 Å². The molecule has 1 heterocycles. The van der Waals surface area contributed by atoms with Crippen molar-refractivity contribution in [2.24, 2.45) is 7.05 Å². The zero-order valence-corrected chi connectivity index (χ0v) is 14.0. The Labute approximate surface area is 137 Å². The Balaban J connectivity index is 1.59. The summed E-state index contributed by atoms with van der Waals surface area (Å²) in [6.07, 6.45) is 8.92. The molecule has 2 aromatic rings. The van der Waals surface area contributed by atoms with Crippen LogP contribution in [-0.4, -0.2) is 15.7 Å². The number of nitrogens with one attached hydrogen (secondary N) is 1. The summed E-state index contributed by atoms with van der Waals surface area (Å²) in [6, 6.07) is 8.60. The number of benzene rings is 1. The first-order valence-corrected chi connectivity index (χ1v) is 8.51. The third kappa shape index (κ3) is 4.01. The summed E-state index contributed by atoms with van der Waals surface area (Å²) in [5.41, 5.74) is 4.12. The van der Waals surface area contributed by atoms with E-state index in [2.05, 4.69) is 34.7 Å². The first-order chi connectivity index (χ1) is 11.1. The van der Waals surface area contributed by atoms with E-state index in [0.29, 0.717) is 12.3 Å². The zero-order valence-electron chi connectivity index (χ0n) is 14.0. The quantitative estimate of drug-likeness (QED) is 0.929. The van der Waals surface area contributed by atoms with Crippen LogP contribution in [0, 0.1) is 6.92 Å². The highest BCUT2D eigenvalue weighted by molar-refractivity contribution is 5.92. The van der Waals surface area contributed by atoms with Crippen molar-refractivity contribution in [3.63, 3.8) is 0 Å². The van der Waals surface area contributed by atoms with Crippen LogP contribution in [0.15, 0.2) is 30.5 Å². The van der Waals surface area contributed by atoms with Crippen molar-refractivity contribution in [1.29, 1.82) is 0 Å². The SMILES string of the molecule is Cc1nn(C)cc1NC(=O)Cc1ccc(C2CCCCC2)cc1. The van der Waals surface area contributed by atoms with Crippen molar-refractivity contribution in [3.8, 4) is 0 Å². The summed E-state index contributed by atoms with van der Waals surface area (Å²) in [4.78, 5) is 12.2. The minimum absolute atomic E-state index is 0.00603. The second-order valence-corrected chi connectivity index (χ2v) is 6.60. The Morgan fingerprint density at radius 2 is 1.91 bits per heavy atom. The Morgan fingerprint density at radius 1 is 1.22 bits per heavy atom. The molecular weight excluding hydrogens is 286 g/mol. The Hall–Kier alpha value is -2.10. The monoisotopic (exact) mass is 311 g/mol. The van der Waals surface area contributed by atoms with Crippen LogP contribution < -0.4 is 5.32 Å². The van der Waals surface area contributed by atoms with Gasteiger partial charge in [0.2, 0.25) is 5.91 Å². The second-order valence-electron chi connectivity index (χ2n) is 6.60. The molecule has 1 amide bonds. The average Bonchev–Trinajstić information content (AvgIpc) is 2.86. The van der Waals surface area contributed by atoms with Crippen LogP contribution in [0.4, 0.5) is 5.69 Å². The molecule has 0 atom stereocenters. The van der Waals surface area contributed by atoms with Gasteiger partial charge in [0.05, 0.1) is 17.8 Å². The maximum Gasteiger partial charge on any atom is 0.228 e. The van der Waals surface area contributed by atoms with E-state index in [4.69, 9.17) is 0 Å². The molecule has 0 radical (unpaired) electrons. The number of aromatic nitrogens is 2. The Kier molecular flexibility index (Phi) is 4.79. The molecule has 1 aliphatic rings. The normalized spacial score (nSPS) is 15.6. The van der Waals surface area contributed by atoms with E-state index in [1.54, 1.807) is 4.68 Å². The lowest BCUT2D eigenvalue weighted by Gasteiger charge is -2.22. The van der Waals surface area contributed by atoms with E-state index >= 15 is 0 Å². The number of aryl methyl sites for hydroxylation is 2. The Bertz CT molecular complexity index is 666. The van der Waals surface area contributed by atoms with Crippen LogP contribution in [0.5, 0.6) is 0 Å². The lowest BCUT2D eigenvalue weighted by Crippen LogP contribution is -2.14. The standard InChI is InChI=1S/C19H25N3O/c1-14-18(13-22(2)21-14)20-19(23)12-15-8-10-17(11-9-15)16-6-4-3-5-7-16/h8-11,13,16H,3-7,12H2,1-2H3,(H,20,23). The van der Waals surface area contributed by atoms with E-state index in [1.165, 1.54) is 37.7 Å². The lowest BCUT2D eigenvalue weighted by atomic mass is 9.84. The first kappa shape index (κ1) is 15.8. The molecule has 1 aromatic carbocycles. The molecule has 1 fully saturated rings. The topological polar surface area (TPSA) is 46.9 Å². The number of amides is 1. The number of anilines is 1. The molecular formula is C19H25N3O. The van der Waals surface area contributed by atoms with Gasteiger partial charge in [0.15, 0.2) is 0 Å². The van der Waals surface area contributed by atoms with Crippen molar-refractivity contribution in [1.82, 2.24) is 9.78 Å². The van der Waals surface area contributed by atoms with Gasteiger partial charge in [-0.2, -0.15) is 5.10 Å². The summed E-state index contributed by atoms with van der Waals surface area (Å²) < 4.78 is 1.71. The average molecular weight is 311 g/mol. The number of carbonyl (C=O) groups is 1. The molecule has 0 saturated heterocycles. The highest BCUT2D eigenvalue weighted by atomic mass is 16.1. The van der Waals surface area contributed by atoms with Gasteiger partial charge in [-0.3, -0.25) is 9.48 Å². The third-order valence-corrected chi connectivity index (χ3v) is 4.71. The zero-order chi connectivity index (χ0) is 16.2. The molecule has 0 aliphatic heterocycles. The Morgan fingerprint density at radius 3 is 2.52 bits per heavy atom.